The third kappa shape index (κ3) is 2.54. The lowest BCUT2D eigenvalue weighted by Gasteiger charge is -2.19. The number of fused-ring (bicyclic) bond motifs is 1. The van der Waals surface area contributed by atoms with E-state index in [2.05, 4.69) is 20.0 Å². The molecule has 0 aromatic carbocycles. The molecular formula is C17H22N4O. The van der Waals surface area contributed by atoms with Crippen LogP contribution in [0.15, 0.2) is 10.9 Å². The number of hydrogen-bond donors (Lipinski definition) is 0. The Bertz CT molecular complexity index is 670. The molecule has 0 amide bonds. The Morgan fingerprint density at radius 1 is 1.18 bits per heavy atom. The van der Waals surface area contributed by atoms with Crippen LogP contribution in [0.4, 0.5) is 0 Å². The van der Waals surface area contributed by atoms with E-state index in [-0.39, 0.29) is 0 Å². The molecule has 0 atom stereocenters. The summed E-state index contributed by atoms with van der Waals surface area (Å²) in [6, 6.07) is 0. The second-order valence-corrected chi connectivity index (χ2v) is 6.54. The lowest BCUT2D eigenvalue weighted by atomic mass is 10.0. The molecule has 0 saturated heterocycles. The van der Waals surface area contributed by atoms with Crippen LogP contribution in [-0.2, 0) is 19.4 Å². The highest BCUT2D eigenvalue weighted by Crippen LogP contribution is 2.41. The average Bonchev–Trinajstić information content (AvgIpc) is 3.33. The maximum Gasteiger partial charge on any atom is 0.138 e. The molecule has 5 heteroatoms. The molecule has 22 heavy (non-hydrogen) atoms. The lowest BCUT2D eigenvalue weighted by molar-refractivity contribution is 0.276. The van der Waals surface area contributed by atoms with Crippen molar-refractivity contribution < 1.29 is 4.52 Å². The first-order chi connectivity index (χ1) is 10.7. The quantitative estimate of drug-likeness (QED) is 0.871. The topological polar surface area (TPSA) is 55.1 Å². The van der Waals surface area contributed by atoms with Crippen LogP contribution in [-0.4, -0.2) is 33.1 Å². The number of nitrogens with zero attached hydrogens (tertiary/aromatic N) is 4. The van der Waals surface area contributed by atoms with Crippen LogP contribution in [0.25, 0.3) is 0 Å². The van der Waals surface area contributed by atoms with E-state index in [1.807, 2.05) is 13.8 Å². The van der Waals surface area contributed by atoms with Gasteiger partial charge in [0.1, 0.15) is 12.1 Å². The van der Waals surface area contributed by atoms with Crippen molar-refractivity contribution in [3.05, 3.63) is 40.3 Å². The number of hydrogen-bond acceptors (Lipinski definition) is 5. The summed E-state index contributed by atoms with van der Waals surface area (Å²) in [6.45, 7) is 7.04. The molecule has 0 unspecified atom stereocenters. The first-order valence-electron chi connectivity index (χ1n) is 8.19. The van der Waals surface area contributed by atoms with Crippen LogP contribution < -0.4 is 0 Å². The first kappa shape index (κ1) is 13.9. The van der Waals surface area contributed by atoms with Gasteiger partial charge in [0.25, 0.3) is 0 Å². The van der Waals surface area contributed by atoms with Gasteiger partial charge in [-0.15, -0.1) is 0 Å². The van der Waals surface area contributed by atoms with Crippen molar-refractivity contribution in [3.63, 3.8) is 0 Å². The number of rotatable bonds is 3. The average molecular weight is 298 g/mol. The van der Waals surface area contributed by atoms with E-state index in [1.54, 1.807) is 6.33 Å². The van der Waals surface area contributed by atoms with E-state index in [0.29, 0.717) is 5.92 Å². The minimum absolute atomic E-state index is 0.700. The minimum atomic E-state index is 0.700. The molecule has 0 bridgehead atoms. The normalized spacial score (nSPS) is 19.0. The van der Waals surface area contributed by atoms with Crippen LogP contribution in [0, 0.1) is 13.8 Å². The molecule has 116 valence electrons. The zero-order chi connectivity index (χ0) is 15.1. The van der Waals surface area contributed by atoms with E-state index < -0.39 is 0 Å². The number of aryl methyl sites for hydroxylation is 2. The Labute approximate surface area is 130 Å². The predicted molar refractivity (Wildman–Crippen MR) is 82.7 cm³/mol. The van der Waals surface area contributed by atoms with E-state index >= 15 is 0 Å². The molecule has 2 aromatic rings. The van der Waals surface area contributed by atoms with Crippen LogP contribution in [0.2, 0.25) is 0 Å². The van der Waals surface area contributed by atoms with Gasteiger partial charge < -0.3 is 4.52 Å². The van der Waals surface area contributed by atoms with Crippen molar-refractivity contribution in [1.82, 2.24) is 20.0 Å². The molecule has 3 heterocycles. The predicted octanol–water partition coefficient (Wildman–Crippen LogP) is 2.56. The molecule has 5 nitrogen and oxygen atoms in total. The van der Waals surface area contributed by atoms with Crippen molar-refractivity contribution in [2.45, 2.75) is 52.0 Å². The van der Waals surface area contributed by atoms with E-state index in [9.17, 15) is 0 Å². The third-order valence-corrected chi connectivity index (χ3v) is 4.94. The standard InChI is InChI=1S/C17H22N4O/c1-11-15(12(2)22-20-11)9-21-7-5-14-16(6-8-21)18-10-19-17(14)13-3-4-13/h10,13H,3-9H2,1-2H3. The summed E-state index contributed by atoms with van der Waals surface area (Å²) >= 11 is 0. The van der Waals surface area contributed by atoms with Crippen molar-refractivity contribution in [3.8, 4) is 0 Å². The Morgan fingerprint density at radius 3 is 2.73 bits per heavy atom. The van der Waals surface area contributed by atoms with E-state index in [4.69, 9.17) is 4.52 Å². The minimum Gasteiger partial charge on any atom is -0.361 e. The van der Waals surface area contributed by atoms with Gasteiger partial charge >= 0.3 is 0 Å². The fraction of sp³-hybridized carbons (Fsp3) is 0.588. The molecule has 0 radical (unpaired) electrons. The summed E-state index contributed by atoms with van der Waals surface area (Å²) < 4.78 is 5.29. The smallest absolute Gasteiger partial charge is 0.138 e. The van der Waals surface area contributed by atoms with Crippen molar-refractivity contribution in [2.75, 3.05) is 13.1 Å². The second-order valence-electron chi connectivity index (χ2n) is 6.54. The van der Waals surface area contributed by atoms with Crippen molar-refractivity contribution in [1.29, 1.82) is 0 Å². The van der Waals surface area contributed by atoms with Gasteiger partial charge in [-0.2, -0.15) is 0 Å². The Balaban J connectivity index is 1.53. The van der Waals surface area contributed by atoms with Gasteiger partial charge in [-0.1, -0.05) is 5.16 Å². The highest BCUT2D eigenvalue weighted by atomic mass is 16.5. The van der Waals surface area contributed by atoms with Gasteiger partial charge in [0.05, 0.1) is 11.4 Å². The highest BCUT2D eigenvalue weighted by molar-refractivity contribution is 5.31. The highest BCUT2D eigenvalue weighted by Gasteiger charge is 2.30. The van der Waals surface area contributed by atoms with Gasteiger partial charge in [0.15, 0.2) is 0 Å². The molecular weight excluding hydrogens is 276 g/mol. The number of aromatic nitrogens is 3. The SMILES string of the molecule is Cc1noc(C)c1CN1CCc2ncnc(C3CC3)c2CC1. The summed E-state index contributed by atoms with van der Waals surface area (Å²) in [5.41, 5.74) is 6.26. The summed E-state index contributed by atoms with van der Waals surface area (Å²) in [6.07, 6.45) is 6.43. The molecule has 1 saturated carbocycles. The molecule has 0 N–H and O–H groups in total. The van der Waals surface area contributed by atoms with Gasteiger partial charge in [0, 0.05) is 43.2 Å². The van der Waals surface area contributed by atoms with Crippen LogP contribution in [0.1, 0.15) is 52.7 Å². The van der Waals surface area contributed by atoms with Crippen LogP contribution in [0.3, 0.4) is 0 Å². The summed E-state index contributed by atoms with van der Waals surface area (Å²) in [5.74, 6) is 1.64. The molecule has 2 aromatic heterocycles. The third-order valence-electron chi connectivity index (χ3n) is 4.94. The summed E-state index contributed by atoms with van der Waals surface area (Å²) in [4.78, 5) is 11.6. The zero-order valence-electron chi connectivity index (χ0n) is 13.3. The maximum absolute atomic E-state index is 5.29. The summed E-state index contributed by atoms with van der Waals surface area (Å²) in [7, 11) is 0. The fourth-order valence-corrected chi connectivity index (χ4v) is 3.42. The fourth-order valence-electron chi connectivity index (χ4n) is 3.42. The van der Waals surface area contributed by atoms with Crippen molar-refractivity contribution >= 4 is 0 Å². The molecule has 4 rings (SSSR count). The Kier molecular flexibility index (Phi) is 3.45. The Hall–Kier alpha value is -1.75. The first-order valence-corrected chi connectivity index (χ1v) is 8.19. The van der Waals surface area contributed by atoms with Gasteiger partial charge in [-0.3, -0.25) is 4.90 Å². The molecule has 1 aliphatic heterocycles. The van der Waals surface area contributed by atoms with Crippen LogP contribution >= 0.6 is 0 Å². The van der Waals surface area contributed by atoms with Gasteiger partial charge in [0.2, 0.25) is 0 Å². The molecule has 2 aliphatic rings. The Morgan fingerprint density at radius 2 is 2.00 bits per heavy atom. The maximum atomic E-state index is 5.29. The van der Waals surface area contributed by atoms with Crippen molar-refractivity contribution in [2.24, 2.45) is 0 Å². The summed E-state index contributed by atoms with van der Waals surface area (Å²) in [5, 5.41) is 4.07. The molecule has 0 spiro atoms. The second kappa shape index (κ2) is 5.47. The lowest BCUT2D eigenvalue weighted by Crippen LogP contribution is -2.26. The van der Waals surface area contributed by atoms with E-state index in [0.717, 1.165) is 43.9 Å². The van der Waals surface area contributed by atoms with Gasteiger partial charge in [-0.25, -0.2) is 9.97 Å². The molecule has 1 fully saturated rings. The largest absolute Gasteiger partial charge is 0.361 e. The zero-order valence-corrected chi connectivity index (χ0v) is 13.3. The van der Waals surface area contributed by atoms with Gasteiger partial charge in [-0.05, 0) is 38.7 Å². The van der Waals surface area contributed by atoms with E-state index in [1.165, 1.54) is 35.4 Å². The van der Waals surface area contributed by atoms with Crippen LogP contribution in [0.5, 0.6) is 0 Å². The molecule has 1 aliphatic carbocycles. The monoisotopic (exact) mass is 298 g/mol.